The van der Waals surface area contributed by atoms with Crippen LogP contribution in [0.2, 0.25) is 0 Å². The number of nitriles is 1. The number of allylic oxidation sites excluding steroid dienone is 1. The zero-order valence-corrected chi connectivity index (χ0v) is 20.9. The maximum absolute atomic E-state index is 13.4. The van der Waals surface area contributed by atoms with Gasteiger partial charge in [0, 0.05) is 29.8 Å². The Hall–Kier alpha value is -2.76. The zero-order valence-electron chi connectivity index (χ0n) is 19.3. The molecule has 0 radical (unpaired) electrons. The first kappa shape index (κ1) is 26.5. The summed E-state index contributed by atoms with van der Waals surface area (Å²) in [4.78, 5) is 18.7. The van der Waals surface area contributed by atoms with Gasteiger partial charge in [-0.2, -0.15) is 5.26 Å². The molecule has 1 fully saturated rings. The highest BCUT2D eigenvalue weighted by molar-refractivity contribution is 9.10. The van der Waals surface area contributed by atoms with E-state index in [-0.39, 0.29) is 24.4 Å². The minimum atomic E-state index is -0.516. The number of benzene rings is 1. The van der Waals surface area contributed by atoms with Gasteiger partial charge in [-0.15, -0.1) is 6.58 Å². The molecular formula is C25H30BrFN4O2. The van der Waals surface area contributed by atoms with E-state index in [2.05, 4.69) is 32.8 Å². The van der Waals surface area contributed by atoms with Crippen LogP contribution in [-0.4, -0.2) is 41.5 Å². The predicted molar refractivity (Wildman–Crippen MR) is 131 cm³/mol. The van der Waals surface area contributed by atoms with Crippen LogP contribution in [0.15, 0.2) is 53.7 Å². The summed E-state index contributed by atoms with van der Waals surface area (Å²) in [5.74, 6) is 0.246. The lowest BCUT2D eigenvalue weighted by Crippen LogP contribution is -2.41. The van der Waals surface area contributed by atoms with Crippen molar-refractivity contribution in [1.29, 1.82) is 5.26 Å². The highest BCUT2D eigenvalue weighted by atomic mass is 79.9. The third kappa shape index (κ3) is 7.65. The number of halogens is 2. The maximum Gasteiger partial charge on any atom is 0.248 e. The number of hydrogen-bond acceptors (Lipinski definition) is 5. The van der Waals surface area contributed by atoms with Gasteiger partial charge in [0.2, 0.25) is 5.91 Å². The topological polar surface area (TPSA) is 78.3 Å². The first-order valence-electron chi connectivity index (χ1n) is 10.9. The Kier molecular flexibility index (Phi) is 10.0. The molecule has 1 heterocycles. The summed E-state index contributed by atoms with van der Waals surface area (Å²) in [6.07, 6.45) is 4.87. The number of carbonyl (C=O) groups excluding carboxylic acids is 1. The summed E-state index contributed by atoms with van der Waals surface area (Å²) in [6.45, 7) is 10.2. The quantitative estimate of drug-likeness (QED) is 0.451. The highest BCUT2D eigenvalue weighted by Crippen LogP contribution is 2.51. The second-order valence-corrected chi connectivity index (χ2v) is 8.69. The van der Waals surface area contributed by atoms with Crippen LogP contribution in [0.5, 0.6) is 0 Å². The highest BCUT2D eigenvalue weighted by Gasteiger charge is 2.47. The third-order valence-electron chi connectivity index (χ3n) is 5.11. The van der Waals surface area contributed by atoms with Crippen LogP contribution in [0, 0.1) is 17.1 Å². The second-order valence-electron chi connectivity index (χ2n) is 7.84. The van der Waals surface area contributed by atoms with E-state index in [1.54, 1.807) is 29.2 Å². The summed E-state index contributed by atoms with van der Waals surface area (Å²) in [6, 6.07) is 9.99. The molecule has 8 heteroatoms. The van der Waals surface area contributed by atoms with Gasteiger partial charge in [0.05, 0.1) is 11.2 Å². The fourth-order valence-electron chi connectivity index (χ4n) is 3.34. The Labute approximate surface area is 203 Å². The molecule has 0 saturated heterocycles. The van der Waals surface area contributed by atoms with Crippen LogP contribution in [0.3, 0.4) is 0 Å². The normalized spacial score (nSPS) is 14.2. The molecule has 6 nitrogen and oxygen atoms in total. The summed E-state index contributed by atoms with van der Waals surface area (Å²) in [7, 11) is 0. The molecule has 0 bridgehead atoms. The van der Waals surface area contributed by atoms with Gasteiger partial charge in [0.15, 0.2) is 0 Å². The number of anilines is 1. The molecule has 1 amide bonds. The number of nitrogens with one attached hydrogen (secondary N) is 1. The minimum Gasteiger partial charge on any atom is -0.366 e. The monoisotopic (exact) mass is 516 g/mol. The number of aromatic nitrogens is 1. The van der Waals surface area contributed by atoms with E-state index in [0.29, 0.717) is 28.9 Å². The smallest absolute Gasteiger partial charge is 0.248 e. The molecule has 1 saturated carbocycles. The molecule has 1 aliphatic rings. The fraction of sp³-hybridized carbons (Fsp3) is 0.400. The molecule has 0 aliphatic heterocycles. The van der Waals surface area contributed by atoms with Crippen LogP contribution in [0.1, 0.15) is 44.7 Å². The standard InChI is InChI=1S/C22H24BrFN4O2.C3H6/c1-3-28(13-15(2)27-20-7-4-16(11-25)12-26-20)21(29)14-30-22(8-9-22)18-6-5-17(24)10-19(18)23;1-3-2/h4-7,10,12,15H,3,8-9,13-14H2,1-2H3,(H,26,27);3H,1H2,2H3. The van der Waals surface area contributed by atoms with Crippen molar-refractivity contribution in [2.75, 3.05) is 25.0 Å². The van der Waals surface area contributed by atoms with E-state index >= 15 is 0 Å². The van der Waals surface area contributed by atoms with Crippen LogP contribution in [0.4, 0.5) is 10.2 Å². The molecular weight excluding hydrogens is 487 g/mol. The lowest BCUT2D eigenvalue weighted by molar-refractivity contribution is -0.139. The summed E-state index contributed by atoms with van der Waals surface area (Å²) in [5.41, 5.74) is 0.858. The van der Waals surface area contributed by atoms with Gasteiger partial charge in [0.1, 0.15) is 24.3 Å². The number of amides is 1. The second kappa shape index (κ2) is 12.5. The van der Waals surface area contributed by atoms with Crippen molar-refractivity contribution in [1.82, 2.24) is 9.88 Å². The third-order valence-corrected chi connectivity index (χ3v) is 5.77. The summed E-state index contributed by atoms with van der Waals surface area (Å²) >= 11 is 3.40. The average Bonchev–Trinajstić information content (AvgIpc) is 3.57. The maximum atomic E-state index is 13.4. The van der Waals surface area contributed by atoms with Gasteiger partial charge in [-0.1, -0.05) is 28.1 Å². The predicted octanol–water partition coefficient (Wildman–Crippen LogP) is 5.40. The Morgan fingerprint density at radius 2 is 2.15 bits per heavy atom. The Morgan fingerprint density at radius 3 is 2.67 bits per heavy atom. The lowest BCUT2D eigenvalue weighted by Gasteiger charge is -2.27. The number of rotatable bonds is 9. The van der Waals surface area contributed by atoms with Crippen molar-refractivity contribution in [3.05, 3.63) is 70.6 Å². The van der Waals surface area contributed by atoms with Gasteiger partial charge in [0.25, 0.3) is 0 Å². The molecule has 3 rings (SSSR count). The van der Waals surface area contributed by atoms with Crippen LogP contribution in [0.25, 0.3) is 0 Å². The van der Waals surface area contributed by atoms with E-state index in [1.165, 1.54) is 18.3 Å². The molecule has 0 spiro atoms. The first-order valence-corrected chi connectivity index (χ1v) is 11.6. The number of hydrogen-bond donors (Lipinski definition) is 1. The zero-order chi connectivity index (χ0) is 24.4. The van der Waals surface area contributed by atoms with E-state index < -0.39 is 5.60 Å². The Balaban J connectivity index is 0.00000122. The van der Waals surface area contributed by atoms with Gasteiger partial charge < -0.3 is 15.0 Å². The largest absolute Gasteiger partial charge is 0.366 e. The Bertz CT molecular complexity index is 987. The number of carbonyl (C=O) groups is 1. The van der Waals surface area contributed by atoms with Crippen LogP contribution in [-0.2, 0) is 15.1 Å². The number of pyridine rings is 1. The molecule has 176 valence electrons. The fourth-order valence-corrected chi connectivity index (χ4v) is 4.05. The first-order chi connectivity index (χ1) is 15.8. The van der Waals surface area contributed by atoms with E-state index in [0.717, 1.165) is 18.4 Å². The van der Waals surface area contributed by atoms with Crippen molar-refractivity contribution in [3.8, 4) is 6.07 Å². The van der Waals surface area contributed by atoms with Crippen molar-refractivity contribution in [2.24, 2.45) is 0 Å². The number of ether oxygens (including phenoxy) is 1. The molecule has 1 N–H and O–H groups in total. The lowest BCUT2D eigenvalue weighted by atomic mass is 10.1. The van der Waals surface area contributed by atoms with Gasteiger partial charge >= 0.3 is 0 Å². The summed E-state index contributed by atoms with van der Waals surface area (Å²) in [5, 5.41) is 12.1. The van der Waals surface area contributed by atoms with Crippen molar-refractivity contribution >= 4 is 27.7 Å². The molecule has 1 aliphatic carbocycles. The van der Waals surface area contributed by atoms with E-state index in [1.807, 2.05) is 26.8 Å². The molecule has 1 unspecified atom stereocenters. The van der Waals surface area contributed by atoms with Gasteiger partial charge in [-0.25, -0.2) is 9.37 Å². The molecule has 2 aromatic rings. The van der Waals surface area contributed by atoms with Crippen molar-refractivity contribution < 1.29 is 13.9 Å². The van der Waals surface area contributed by atoms with Crippen molar-refractivity contribution in [3.63, 3.8) is 0 Å². The molecule has 1 aromatic heterocycles. The van der Waals surface area contributed by atoms with Crippen molar-refractivity contribution in [2.45, 2.75) is 45.3 Å². The SMILES string of the molecule is C=CC.CCN(CC(C)Nc1ccc(C#N)cn1)C(=O)COC1(c2ccc(F)cc2Br)CC1. The minimum absolute atomic E-state index is 0.0283. The van der Waals surface area contributed by atoms with Crippen LogP contribution < -0.4 is 5.32 Å². The van der Waals surface area contributed by atoms with Gasteiger partial charge in [-0.05, 0) is 63.4 Å². The molecule has 33 heavy (non-hydrogen) atoms. The molecule has 1 aromatic carbocycles. The summed E-state index contributed by atoms with van der Waals surface area (Å²) < 4.78 is 20.1. The number of nitrogens with zero attached hydrogens (tertiary/aromatic N) is 3. The van der Waals surface area contributed by atoms with E-state index in [9.17, 15) is 9.18 Å². The van der Waals surface area contributed by atoms with Crippen LogP contribution >= 0.6 is 15.9 Å². The van der Waals surface area contributed by atoms with E-state index in [4.69, 9.17) is 10.00 Å². The average molecular weight is 517 g/mol. The number of likely N-dealkylation sites (N-methyl/N-ethyl adjacent to an activating group) is 1. The molecule has 1 atom stereocenters. The Morgan fingerprint density at radius 1 is 1.45 bits per heavy atom. The van der Waals surface area contributed by atoms with Gasteiger partial charge in [-0.3, -0.25) is 4.79 Å².